The first-order chi connectivity index (χ1) is 9.81. The van der Waals surface area contributed by atoms with Gasteiger partial charge in [-0.05, 0) is 24.3 Å². The molecule has 1 aromatic rings. The second kappa shape index (κ2) is 5.60. The number of hydrogen-bond acceptors (Lipinski definition) is 3. The first kappa shape index (κ1) is 15.1. The molecule has 2 rings (SSSR count). The zero-order chi connectivity index (χ0) is 15.6. The molecule has 0 saturated carbocycles. The lowest BCUT2D eigenvalue weighted by molar-refractivity contribution is -0.197. The predicted octanol–water partition coefficient (Wildman–Crippen LogP) is 2.05. The maximum atomic E-state index is 12.8. The van der Waals surface area contributed by atoms with Crippen LogP contribution >= 0.6 is 0 Å². The predicted molar refractivity (Wildman–Crippen MR) is 63.1 cm³/mol. The number of carbonyl (C=O) groups is 1. The van der Waals surface area contributed by atoms with Crippen molar-refractivity contribution >= 4 is 5.91 Å². The Hall–Kier alpha value is -2.30. The van der Waals surface area contributed by atoms with E-state index in [-0.39, 0.29) is 13.1 Å². The summed E-state index contributed by atoms with van der Waals surface area (Å²) in [6, 6.07) is 8.06. The van der Waals surface area contributed by atoms with Crippen molar-refractivity contribution in [2.75, 3.05) is 13.1 Å². The third kappa shape index (κ3) is 3.42. The topological polar surface area (TPSA) is 53.3 Å². The Labute approximate surface area is 117 Å². The molecule has 0 bridgehead atoms. The molecule has 1 unspecified atom stereocenters. The van der Waals surface area contributed by atoms with Crippen molar-refractivity contribution in [2.45, 2.75) is 18.5 Å². The van der Waals surface area contributed by atoms with Crippen LogP contribution in [0.5, 0.6) is 5.75 Å². The number of nitrogens with zero attached hydrogens (tertiary/aromatic N) is 2. The quantitative estimate of drug-likeness (QED) is 0.803. The fourth-order valence-electron chi connectivity index (χ4n) is 1.79. The molecule has 1 saturated heterocycles. The van der Waals surface area contributed by atoms with Crippen LogP contribution in [0.1, 0.15) is 5.56 Å². The van der Waals surface area contributed by atoms with Gasteiger partial charge in [-0.3, -0.25) is 4.79 Å². The molecule has 1 heterocycles. The van der Waals surface area contributed by atoms with Crippen LogP contribution in [0.2, 0.25) is 0 Å². The SMILES string of the molecule is N#Cc1ccc(OC2CN(C(=O)C(F)C(F)(F)F)C2)cc1. The van der Waals surface area contributed by atoms with E-state index in [9.17, 15) is 22.4 Å². The van der Waals surface area contributed by atoms with Crippen molar-refractivity contribution in [2.24, 2.45) is 0 Å². The molecule has 1 aromatic carbocycles. The van der Waals surface area contributed by atoms with Crippen LogP contribution < -0.4 is 4.74 Å². The Morgan fingerprint density at radius 2 is 1.90 bits per heavy atom. The highest BCUT2D eigenvalue weighted by Gasteiger charge is 2.49. The van der Waals surface area contributed by atoms with Gasteiger partial charge < -0.3 is 9.64 Å². The molecule has 0 spiro atoms. The largest absolute Gasteiger partial charge is 0.487 e. The van der Waals surface area contributed by atoms with E-state index in [0.717, 1.165) is 4.90 Å². The standard InChI is InChI=1S/C13H10F4N2O2/c14-11(13(15,16)17)12(20)19-6-10(7-19)21-9-3-1-8(5-18)2-4-9/h1-4,10-11H,6-7H2. The molecule has 112 valence electrons. The normalized spacial score (nSPS) is 16.8. The van der Waals surface area contributed by atoms with Crippen molar-refractivity contribution in [1.82, 2.24) is 4.90 Å². The smallest absolute Gasteiger partial charge is 0.428 e. The number of halogens is 4. The number of rotatable bonds is 3. The maximum absolute atomic E-state index is 12.8. The van der Waals surface area contributed by atoms with Crippen LogP contribution in [-0.4, -0.2) is 42.3 Å². The highest BCUT2D eigenvalue weighted by atomic mass is 19.4. The Morgan fingerprint density at radius 1 is 1.33 bits per heavy atom. The number of carbonyl (C=O) groups excluding carboxylic acids is 1. The molecule has 0 aliphatic carbocycles. The summed E-state index contributed by atoms with van der Waals surface area (Å²) in [5.41, 5.74) is 0.443. The van der Waals surface area contributed by atoms with Gasteiger partial charge in [-0.1, -0.05) is 0 Å². The van der Waals surface area contributed by atoms with E-state index in [1.807, 2.05) is 6.07 Å². The van der Waals surface area contributed by atoms with Gasteiger partial charge in [0, 0.05) is 0 Å². The Morgan fingerprint density at radius 3 is 2.38 bits per heavy atom. The molecule has 1 fully saturated rings. The Bertz CT molecular complexity index is 559. The molecule has 4 nitrogen and oxygen atoms in total. The van der Waals surface area contributed by atoms with Gasteiger partial charge in [-0.15, -0.1) is 0 Å². The molecule has 1 atom stereocenters. The first-order valence-electron chi connectivity index (χ1n) is 5.97. The first-order valence-corrected chi connectivity index (χ1v) is 5.97. The lowest BCUT2D eigenvalue weighted by atomic mass is 10.1. The van der Waals surface area contributed by atoms with Crippen LogP contribution in [0.4, 0.5) is 17.6 Å². The van der Waals surface area contributed by atoms with Crippen LogP contribution in [0.25, 0.3) is 0 Å². The summed E-state index contributed by atoms with van der Waals surface area (Å²) in [5, 5.41) is 8.62. The van der Waals surface area contributed by atoms with Crippen molar-refractivity contribution < 1.29 is 27.1 Å². The fraction of sp³-hybridized carbons (Fsp3) is 0.385. The lowest BCUT2D eigenvalue weighted by Gasteiger charge is -2.39. The van der Waals surface area contributed by atoms with Crippen LogP contribution in [0.3, 0.4) is 0 Å². The van der Waals surface area contributed by atoms with Crippen LogP contribution in [0, 0.1) is 11.3 Å². The molecule has 1 aliphatic heterocycles. The van der Waals surface area contributed by atoms with E-state index in [2.05, 4.69) is 0 Å². The Balaban J connectivity index is 1.84. The highest BCUT2D eigenvalue weighted by Crippen LogP contribution is 2.27. The van der Waals surface area contributed by atoms with Crippen LogP contribution in [0.15, 0.2) is 24.3 Å². The monoisotopic (exact) mass is 302 g/mol. The molecule has 1 amide bonds. The van der Waals surface area contributed by atoms with E-state index < -0.39 is 24.4 Å². The minimum absolute atomic E-state index is 0.102. The highest BCUT2D eigenvalue weighted by molar-refractivity contribution is 5.82. The van der Waals surface area contributed by atoms with E-state index >= 15 is 0 Å². The summed E-state index contributed by atoms with van der Waals surface area (Å²) < 4.78 is 54.4. The van der Waals surface area contributed by atoms with E-state index in [1.54, 1.807) is 0 Å². The van der Waals surface area contributed by atoms with E-state index in [4.69, 9.17) is 10.00 Å². The molecular formula is C13H10F4N2O2. The third-order valence-electron chi connectivity index (χ3n) is 2.95. The van der Waals surface area contributed by atoms with Gasteiger partial charge in [0.2, 0.25) is 0 Å². The maximum Gasteiger partial charge on any atom is 0.428 e. The van der Waals surface area contributed by atoms with Crippen molar-refractivity contribution in [3.63, 3.8) is 0 Å². The van der Waals surface area contributed by atoms with Gasteiger partial charge in [0.25, 0.3) is 12.1 Å². The van der Waals surface area contributed by atoms with Crippen LogP contribution in [-0.2, 0) is 4.79 Å². The number of alkyl halides is 4. The molecule has 8 heteroatoms. The van der Waals surface area contributed by atoms with Crippen molar-refractivity contribution in [3.8, 4) is 11.8 Å². The zero-order valence-corrected chi connectivity index (χ0v) is 10.6. The molecule has 0 radical (unpaired) electrons. The molecular weight excluding hydrogens is 292 g/mol. The van der Waals surface area contributed by atoms with Gasteiger partial charge in [0.15, 0.2) is 0 Å². The number of hydrogen-bond donors (Lipinski definition) is 0. The third-order valence-corrected chi connectivity index (χ3v) is 2.95. The molecule has 21 heavy (non-hydrogen) atoms. The second-order valence-electron chi connectivity index (χ2n) is 4.52. The molecule has 0 N–H and O–H groups in total. The van der Waals surface area contributed by atoms with Crippen molar-refractivity contribution in [3.05, 3.63) is 29.8 Å². The second-order valence-corrected chi connectivity index (χ2v) is 4.52. The molecule has 0 aromatic heterocycles. The average molecular weight is 302 g/mol. The van der Waals surface area contributed by atoms with Gasteiger partial charge in [-0.2, -0.15) is 18.4 Å². The Kier molecular flexibility index (Phi) is 4.02. The zero-order valence-electron chi connectivity index (χ0n) is 10.6. The number of amides is 1. The minimum Gasteiger partial charge on any atom is -0.487 e. The number of nitriles is 1. The summed E-state index contributed by atoms with van der Waals surface area (Å²) in [6.07, 6.45) is -9.16. The lowest BCUT2D eigenvalue weighted by Crippen LogP contribution is -2.59. The van der Waals surface area contributed by atoms with Gasteiger partial charge in [0.1, 0.15) is 11.9 Å². The van der Waals surface area contributed by atoms with Gasteiger partial charge >= 0.3 is 6.18 Å². The van der Waals surface area contributed by atoms with Crippen molar-refractivity contribution in [1.29, 1.82) is 5.26 Å². The summed E-state index contributed by atoms with van der Waals surface area (Å²) >= 11 is 0. The minimum atomic E-state index is -5.18. The van der Waals surface area contributed by atoms with E-state index in [0.29, 0.717) is 11.3 Å². The summed E-state index contributed by atoms with van der Waals surface area (Å²) in [4.78, 5) is 11.9. The summed E-state index contributed by atoms with van der Waals surface area (Å²) in [5.74, 6) is -1.17. The fourth-order valence-corrected chi connectivity index (χ4v) is 1.79. The van der Waals surface area contributed by atoms with Gasteiger partial charge in [0.05, 0.1) is 24.7 Å². The number of benzene rings is 1. The number of ether oxygens (including phenoxy) is 1. The average Bonchev–Trinajstić information content (AvgIpc) is 2.40. The number of likely N-dealkylation sites (tertiary alicyclic amines) is 1. The summed E-state index contributed by atoms with van der Waals surface area (Å²) in [6.45, 7) is -0.204. The van der Waals surface area contributed by atoms with E-state index in [1.165, 1.54) is 24.3 Å². The molecule has 1 aliphatic rings. The van der Waals surface area contributed by atoms with Gasteiger partial charge in [-0.25, -0.2) is 4.39 Å². The summed E-state index contributed by atoms with van der Waals surface area (Å²) in [7, 11) is 0.